The minimum absolute atomic E-state index is 0.291. The van der Waals surface area contributed by atoms with Gasteiger partial charge in [-0.3, -0.25) is 9.51 Å². The molecule has 9 heteroatoms. The van der Waals surface area contributed by atoms with Gasteiger partial charge in [-0.15, -0.1) is 11.3 Å². The van der Waals surface area contributed by atoms with Crippen LogP contribution >= 0.6 is 11.3 Å². The first-order valence-corrected chi connectivity index (χ1v) is 12.7. The number of imidazole rings is 1. The summed E-state index contributed by atoms with van der Waals surface area (Å²) in [5.74, 6) is 1.47. The van der Waals surface area contributed by atoms with Crippen LogP contribution in [0.5, 0.6) is 5.75 Å². The van der Waals surface area contributed by atoms with E-state index >= 15 is 0 Å². The van der Waals surface area contributed by atoms with Crippen molar-refractivity contribution in [2.24, 2.45) is 0 Å². The topological polar surface area (TPSA) is 85.9 Å². The van der Waals surface area contributed by atoms with Crippen molar-refractivity contribution in [2.45, 2.75) is 38.8 Å². The Labute approximate surface area is 208 Å². The predicted molar refractivity (Wildman–Crippen MR) is 135 cm³/mol. The largest absolute Gasteiger partial charge is 0.488 e. The third kappa shape index (κ3) is 3.50. The number of aromatic amines is 1. The number of nitrogens with zero attached hydrogens (tertiary/aromatic N) is 3. The zero-order valence-corrected chi connectivity index (χ0v) is 20.2. The number of allylic oxidation sites excluding steroid dienone is 1. The lowest BCUT2D eigenvalue weighted by Gasteiger charge is -2.15. The highest BCUT2D eigenvalue weighted by molar-refractivity contribution is 7.09. The molecule has 0 amide bonds. The summed E-state index contributed by atoms with van der Waals surface area (Å²) in [6.07, 6.45) is 2.38. The summed E-state index contributed by atoms with van der Waals surface area (Å²) < 4.78 is 27.3. The average Bonchev–Trinajstić information content (AvgIpc) is 3.35. The van der Waals surface area contributed by atoms with Crippen molar-refractivity contribution in [3.8, 4) is 5.75 Å². The predicted octanol–water partition coefficient (Wildman–Crippen LogP) is 5.71. The van der Waals surface area contributed by atoms with E-state index in [2.05, 4.69) is 43.7 Å². The molecule has 1 N–H and O–H groups in total. The van der Waals surface area contributed by atoms with Gasteiger partial charge in [-0.25, -0.2) is 14.2 Å². The van der Waals surface area contributed by atoms with Crippen molar-refractivity contribution in [3.05, 3.63) is 97.4 Å². The van der Waals surface area contributed by atoms with Crippen LogP contribution in [-0.4, -0.2) is 19.7 Å². The SMILES string of the molecule is C/C(=C1/c2ccc(Cn3c(C4CC4)nc4cscc43)cc2COc2cc(F)ccc21)c1noc(=O)[nH]1. The fraction of sp³-hybridized carbons (Fsp3) is 0.222. The third-order valence-electron chi connectivity index (χ3n) is 6.91. The maximum absolute atomic E-state index is 14.1. The lowest BCUT2D eigenvalue weighted by Crippen LogP contribution is -2.06. The van der Waals surface area contributed by atoms with Gasteiger partial charge in [0.05, 0.1) is 11.0 Å². The molecule has 2 aliphatic rings. The van der Waals surface area contributed by atoms with E-state index in [1.54, 1.807) is 17.4 Å². The Hall–Kier alpha value is -3.98. The Bertz CT molecular complexity index is 1740. The summed E-state index contributed by atoms with van der Waals surface area (Å²) in [5.41, 5.74) is 7.53. The van der Waals surface area contributed by atoms with Crippen molar-refractivity contribution in [1.29, 1.82) is 0 Å². The second-order valence-corrected chi connectivity index (χ2v) is 10.1. The van der Waals surface area contributed by atoms with E-state index in [9.17, 15) is 9.18 Å². The Kier molecular flexibility index (Phi) is 4.75. The smallest absolute Gasteiger partial charge is 0.439 e. The summed E-state index contributed by atoms with van der Waals surface area (Å²) >= 11 is 1.67. The number of fused-ring (bicyclic) bond motifs is 3. The van der Waals surface area contributed by atoms with E-state index in [0.717, 1.165) is 39.2 Å². The van der Waals surface area contributed by atoms with E-state index in [1.807, 2.05) is 6.92 Å². The van der Waals surface area contributed by atoms with E-state index < -0.39 is 5.76 Å². The fourth-order valence-electron chi connectivity index (χ4n) is 5.02. The summed E-state index contributed by atoms with van der Waals surface area (Å²) in [4.78, 5) is 19.2. The highest BCUT2D eigenvalue weighted by Gasteiger charge is 2.30. The fourth-order valence-corrected chi connectivity index (χ4v) is 5.77. The van der Waals surface area contributed by atoms with Crippen molar-refractivity contribution < 1.29 is 13.7 Å². The maximum atomic E-state index is 14.1. The zero-order valence-electron chi connectivity index (χ0n) is 19.4. The van der Waals surface area contributed by atoms with Crippen molar-refractivity contribution in [2.75, 3.05) is 0 Å². The zero-order chi connectivity index (χ0) is 24.4. The van der Waals surface area contributed by atoms with Crippen LogP contribution in [0.4, 0.5) is 4.39 Å². The summed E-state index contributed by atoms with van der Waals surface area (Å²) in [5, 5.41) is 8.15. The van der Waals surface area contributed by atoms with Crippen LogP contribution in [0.15, 0.2) is 56.5 Å². The molecule has 0 radical (unpaired) electrons. The molecular formula is C27H21FN4O3S. The van der Waals surface area contributed by atoms with Gasteiger partial charge < -0.3 is 9.30 Å². The molecule has 0 spiro atoms. The number of hydrogen-bond acceptors (Lipinski definition) is 6. The van der Waals surface area contributed by atoms with E-state index in [4.69, 9.17) is 14.2 Å². The highest BCUT2D eigenvalue weighted by atomic mass is 32.1. The molecule has 4 heterocycles. The van der Waals surface area contributed by atoms with Gasteiger partial charge in [0.25, 0.3) is 0 Å². The molecule has 3 aromatic heterocycles. The van der Waals surface area contributed by atoms with Gasteiger partial charge in [0.2, 0.25) is 0 Å². The van der Waals surface area contributed by atoms with Crippen LogP contribution < -0.4 is 10.5 Å². The van der Waals surface area contributed by atoms with Crippen LogP contribution in [0.3, 0.4) is 0 Å². The molecule has 36 heavy (non-hydrogen) atoms. The molecular weight excluding hydrogens is 479 g/mol. The van der Waals surface area contributed by atoms with Gasteiger partial charge in [-0.2, -0.15) is 0 Å². The number of ether oxygens (including phenoxy) is 1. The van der Waals surface area contributed by atoms with E-state index in [1.165, 1.54) is 30.5 Å². The first-order valence-electron chi connectivity index (χ1n) is 11.8. The number of nitrogens with one attached hydrogen (secondary N) is 1. The highest BCUT2D eigenvalue weighted by Crippen LogP contribution is 2.43. The molecule has 7 rings (SSSR count). The Balaban J connectivity index is 1.36. The molecule has 2 aromatic carbocycles. The molecule has 1 saturated carbocycles. The number of thiophene rings is 1. The van der Waals surface area contributed by atoms with E-state index in [-0.39, 0.29) is 5.82 Å². The summed E-state index contributed by atoms with van der Waals surface area (Å²) in [6.45, 7) is 2.86. The minimum Gasteiger partial charge on any atom is -0.488 e. The number of benzene rings is 2. The van der Waals surface area contributed by atoms with Gasteiger partial charge in [0.1, 0.15) is 24.0 Å². The van der Waals surface area contributed by atoms with Gasteiger partial charge in [-0.05, 0) is 60.2 Å². The van der Waals surface area contributed by atoms with Crippen molar-refractivity contribution >= 4 is 33.5 Å². The van der Waals surface area contributed by atoms with Crippen LogP contribution in [0.2, 0.25) is 0 Å². The molecule has 5 aromatic rings. The number of rotatable bonds is 4. The monoisotopic (exact) mass is 500 g/mol. The summed E-state index contributed by atoms with van der Waals surface area (Å²) in [6, 6.07) is 10.8. The molecule has 7 nitrogen and oxygen atoms in total. The van der Waals surface area contributed by atoms with Crippen LogP contribution in [-0.2, 0) is 13.2 Å². The molecule has 0 bridgehead atoms. The molecule has 1 aliphatic heterocycles. The van der Waals surface area contributed by atoms with Gasteiger partial charge in [0.15, 0.2) is 5.82 Å². The van der Waals surface area contributed by atoms with Crippen LogP contribution in [0.1, 0.15) is 59.6 Å². The Morgan fingerprint density at radius 1 is 1.19 bits per heavy atom. The first kappa shape index (κ1) is 21.3. The van der Waals surface area contributed by atoms with Crippen LogP contribution in [0, 0.1) is 5.82 Å². The number of hydrogen-bond donors (Lipinski definition) is 1. The van der Waals surface area contributed by atoms with Crippen LogP contribution in [0.25, 0.3) is 22.2 Å². The lowest BCUT2D eigenvalue weighted by molar-refractivity contribution is 0.305. The number of halogens is 1. The third-order valence-corrected chi connectivity index (χ3v) is 7.63. The molecule has 0 atom stereocenters. The second-order valence-electron chi connectivity index (χ2n) is 9.34. The molecule has 1 aliphatic carbocycles. The van der Waals surface area contributed by atoms with Gasteiger partial charge in [0, 0.05) is 40.4 Å². The molecule has 0 saturated heterocycles. The number of H-pyrrole nitrogens is 1. The van der Waals surface area contributed by atoms with Crippen molar-refractivity contribution in [3.63, 3.8) is 0 Å². The Morgan fingerprint density at radius 3 is 2.86 bits per heavy atom. The first-order chi connectivity index (χ1) is 17.5. The normalized spacial score (nSPS) is 16.4. The van der Waals surface area contributed by atoms with Gasteiger partial charge in [-0.1, -0.05) is 17.3 Å². The lowest BCUT2D eigenvalue weighted by atomic mass is 9.89. The second kappa shape index (κ2) is 8.03. The number of aromatic nitrogens is 4. The van der Waals surface area contributed by atoms with Crippen molar-refractivity contribution in [1.82, 2.24) is 19.7 Å². The standard InChI is InChI=1S/C27H21FN4O3S/c1-14(25-30-27(33)35-31-25)24-19-6-2-15(8-17(19)11-34-23-9-18(28)5-7-20(23)24)10-32-22-13-36-12-21(22)29-26(32)16-3-4-16/h2,5-9,12-13,16H,3-4,10-11H2,1H3,(H,30,31,33)/b24-14+. The Morgan fingerprint density at radius 2 is 2.06 bits per heavy atom. The molecule has 1 fully saturated rings. The summed E-state index contributed by atoms with van der Waals surface area (Å²) in [7, 11) is 0. The minimum atomic E-state index is -0.628. The van der Waals surface area contributed by atoms with E-state index in [0.29, 0.717) is 36.2 Å². The maximum Gasteiger partial charge on any atom is 0.439 e. The van der Waals surface area contributed by atoms with Gasteiger partial charge >= 0.3 is 5.76 Å². The molecule has 180 valence electrons. The quantitative estimate of drug-likeness (QED) is 0.342. The molecule has 0 unspecified atom stereocenters. The average molecular weight is 501 g/mol.